The van der Waals surface area contributed by atoms with Crippen LogP contribution in [0.2, 0.25) is 0 Å². The van der Waals surface area contributed by atoms with Crippen LogP contribution in [0.4, 0.5) is 5.13 Å². The summed E-state index contributed by atoms with van der Waals surface area (Å²) in [6, 6.07) is 0. The van der Waals surface area contributed by atoms with Crippen LogP contribution < -0.4 is 5.73 Å². The normalized spacial score (nSPS) is 10.2. The molecular weight excluding hydrogens is 272 g/mol. The van der Waals surface area contributed by atoms with Crippen LogP contribution in [0.3, 0.4) is 0 Å². The Kier molecular flexibility index (Phi) is 7.90. The van der Waals surface area contributed by atoms with Crippen molar-refractivity contribution in [3.8, 4) is 0 Å². The summed E-state index contributed by atoms with van der Waals surface area (Å²) in [6.07, 6.45) is 2.80. The van der Waals surface area contributed by atoms with Gasteiger partial charge in [-0.3, -0.25) is 9.69 Å². The van der Waals surface area contributed by atoms with Crippen molar-refractivity contribution in [2.24, 2.45) is 0 Å². The van der Waals surface area contributed by atoms with Gasteiger partial charge in [-0.1, -0.05) is 6.92 Å². The van der Waals surface area contributed by atoms with Crippen LogP contribution in [0.5, 0.6) is 0 Å². The SMILES string of the molecule is CCCN(CC(=O)N(C)C)Cc1cnc(N)s1.Cl. The molecule has 0 aliphatic rings. The van der Waals surface area contributed by atoms with Gasteiger partial charge in [0, 0.05) is 31.7 Å². The Morgan fingerprint density at radius 2 is 2.17 bits per heavy atom. The first-order valence-electron chi connectivity index (χ1n) is 5.65. The fraction of sp³-hybridized carbons (Fsp3) is 0.636. The van der Waals surface area contributed by atoms with Gasteiger partial charge in [0.2, 0.25) is 5.91 Å². The summed E-state index contributed by atoms with van der Waals surface area (Å²) in [5, 5.41) is 0.579. The average molecular weight is 293 g/mol. The van der Waals surface area contributed by atoms with Crippen molar-refractivity contribution in [3.05, 3.63) is 11.1 Å². The summed E-state index contributed by atoms with van der Waals surface area (Å²) >= 11 is 1.48. The van der Waals surface area contributed by atoms with E-state index in [0.717, 1.165) is 24.4 Å². The lowest BCUT2D eigenvalue weighted by Gasteiger charge is -2.22. The maximum absolute atomic E-state index is 11.7. The minimum atomic E-state index is 0. The predicted octanol–water partition coefficient (Wildman–Crippen LogP) is 1.45. The Bertz CT molecular complexity index is 370. The summed E-state index contributed by atoms with van der Waals surface area (Å²) in [7, 11) is 3.55. The van der Waals surface area contributed by atoms with Crippen LogP contribution in [-0.4, -0.2) is 47.9 Å². The molecule has 1 aromatic rings. The van der Waals surface area contributed by atoms with Gasteiger partial charge in [0.05, 0.1) is 6.54 Å². The zero-order chi connectivity index (χ0) is 12.8. The monoisotopic (exact) mass is 292 g/mol. The minimum Gasteiger partial charge on any atom is -0.375 e. The molecule has 0 saturated carbocycles. The Labute approximate surface area is 118 Å². The van der Waals surface area contributed by atoms with E-state index in [1.165, 1.54) is 11.3 Å². The van der Waals surface area contributed by atoms with Gasteiger partial charge < -0.3 is 10.6 Å². The van der Waals surface area contributed by atoms with Gasteiger partial charge in [-0.05, 0) is 13.0 Å². The lowest BCUT2D eigenvalue weighted by Crippen LogP contribution is -2.36. The van der Waals surface area contributed by atoms with Gasteiger partial charge in [-0.15, -0.1) is 23.7 Å². The highest BCUT2D eigenvalue weighted by Crippen LogP contribution is 2.16. The smallest absolute Gasteiger partial charge is 0.236 e. The standard InChI is InChI=1S/C11H20N4OS.ClH/c1-4-5-15(8-10(16)14(2)3)7-9-6-13-11(12)17-9;/h6H,4-5,7-8H2,1-3H3,(H2,12,13);1H. The number of aromatic nitrogens is 1. The van der Waals surface area contributed by atoms with Crippen molar-refractivity contribution >= 4 is 34.8 Å². The number of nitrogens with two attached hydrogens (primary N) is 1. The van der Waals surface area contributed by atoms with Crippen molar-refractivity contribution < 1.29 is 4.79 Å². The maximum Gasteiger partial charge on any atom is 0.236 e. The van der Waals surface area contributed by atoms with E-state index in [2.05, 4.69) is 16.8 Å². The van der Waals surface area contributed by atoms with Crippen LogP contribution >= 0.6 is 23.7 Å². The van der Waals surface area contributed by atoms with Crippen LogP contribution in [0.1, 0.15) is 18.2 Å². The van der Waals surface area contributed by atoms with E-state index in [9.17, 15) is 4.79 Å². The van der Waals surface area contributed by atoms with Gasteiger partial charge in [0.1, 0.15) is 0 Å². The summed E-state index contributed by atoms with van der Waals surface area (Å²) in [4.78, 5) is 20.5. The molecule has 0 unspecified atom stereocenters. The first kappa shape index (κ1) is 17.2. The number of carbonyl (C=O) groups is 1. The molecular formula is C11H21ClN4OS. The molecule has 1 heterocycles. The van der Waals surface area contributed by atoms with Crippen molar-refractivity contribution in [1.82, 2.24) is 14.8 Å². The van der Waals surface area contributed by atoms with Gasteiger partial charge in [0.15, 0.2) is 5.13 Å². The van der Waals surface area contributed by atoms with Gasteiger partial charge in [-0.25, -0.2) is 4.98 Å². The maximum atomic E-state index is 11.7. The molecule has 0 radical (unpaired) electrons. The molecule has 5 nitrogen and oxygen atoms in total. The van der Waals surface area contributed by atoms with Crippen LogP contribution in [-0.2, 0) is 11.3 Å². The van der Waals surface area contributed by atoms with E-state index < -0.39 is 0 Å². The topological polar surface area (TPSA) is 62.5 Å². The Balaban J connectivity index is 0.00000289. The summed E-state index contributed by atoms with van der Waals surface area (Å²) in [6.45, 7) is 4.19. The number of halogens is 1. The first-order chi connectivity index (χ1) is 8.02. The highest BCUT2D eigenvalue weighted by Gasteiger charge is 2.13. The number of carbonyl (C=O) groups excluding carboxylic acids is 1. The molecule has 2 N–H and O–H groups in total. The zero-order valence-corrected chi connectivity index (χ0v) is 12.7. The molecule has 0 spiro atoms. The molecule has 1 amide bonds. The fourth-order valence-corrected chi connectivity index (χ4v) is 2.21. The predicted molar refractivity (Wildman–Crippen MR) is 78.0 cm³/mol. The average Bonchev–Trinajstić information content (AvgIpc) is 2.64. The van der Waals surface area contributed by atoms with Gasteiger partial charge in [0.25, 0.3) is 0 Å². The Morgan fingerprint density at radius 3 is 2.61 bits per heavy atom. The molecule has 1 rings (SSSR count). The molecule has 1 aromatic heterocycles. The van der Waals surface area contributed by atoms with E-state index in [-0.39, 0.29) is 18.3 Å². The quantitative estimate of drug-likeness (QED) is 0.862. The number of nitrogens with zero attached hydrogens (tertiary/aromatic N) is 3. The summed E-state index contributed by atoms with van der Waals surface area (Å²) in [5.74, 6) is 0.121. The number of likely N-dealkylation sites (N-methyl/N-ethyl adjacent to an activating group) is 1. The largest absolute Gasteiger partial charge is 0.375 e. The number of amides is 1. The van der Waals surface area contributed by atoms with Crippen LogP contribution in [0.25, 0.3) is 0 Å². The lowest BCUT2D eigenvalue weighted by molar-refractivity contribution is -0.130. The van der Waals surface area contributed by atoms with E-state index in [1.807, 2.05) is 0 Å². The molecule has 0 aliphatic carbocycles. The van der Waals surface area contributed by atoms with Gasteiger partial charge in [-0.2, -0.15) is 0 Å². The molecule has 104 valence electrons. The molecule has 0 saturated heterocycles. The first-order valence-corrected chi connectivity index (χ1v) is 6.47. The molecule has 0 bridgehead atoms. The van der Waals surface area contributed by atoms with E-state index in [1.54, 1.807) is 25.2 Å². The second kappa shape index (κ2) is 8.29. The molecule has 0 fully saturated rings. The number of hydrogen-bond acceptors (Lipinski definition) is 5. The van der Waals surface area contributed by atoms with Crippen molar-refractivity contribution in [2.75, 3.05) is 32.9 Å². The second-order valence-electron chi connectivity index (χ2n) is 4.16. The highest BCUT2D eigenvalue weighted by molar-refractivity contribution is 7.15. The second-order valence-corrected chi connectivity index (χ2v) is 5.31. The summed E-state index contributed by atoms with van der Waals surface area (Å²) < 4.78 is 0. The third-order valence-corrected chi connectivity index (χ3v) is 3.16. The van der Waals surface area contributed by atoms with Crippen LogP contribution in [0, 0.1) is 0 Å². The molecule has 0 aromatic carbocycles. The number of anilines is 1. The van der Waals surface area contributed by atoms with E-state index in [4.69, 9.17) is 5.73 Å². The zero-order valence-electron chi connectivity index (χ0n) is 11.0. The van der Waals surface area contributed by atoms with Crippen molar-refractivity contribution in [3.63, 3.8) is 0 Å². The third-order valence-electron chi connectivity index (χ3n) is 2.35. The fourth-order valence-electron chi connectivity index (χ4n) is 1.48. The van der Waals surface area contributed by atoms with Crippen molar-refractivity contribution in [2.45, 2.75) is 19.9 Å². The van der Waals surface area contributed by atoms with Crippen molar-refractivity contribution in [1.29, 1.82) is 0 Å². The molecule has 7 heteroatoms. The number of nitrogen functional groups attached to an aromatic ring is 1. The molecule has 0 atom stereocenters. The van der Waals surface area contributed by atoms with Gasteiger partial charge >= 0.3 is 0 Å². The third kappa shape index (κ3) is 5.66. The number of hydrogen-bond donors (Lipinski definition) is 1. The number of rotatable bonds is 6. The van der Waals surface area contributed by atoms with Crippen LogP contribution in [0.15, 0.2) is 6.20 Å². The van der Waals surface area contributed by atoms with E-state index >= 15 is 0 Å². The number of thiazole rings is 1. The lowest BCUT2D eigenvalue weighted by atomic mass is 10.3. The Hall–Kier alpha value is -0.850. The molecule has 18 heavy (non-hydrogen) atoms. The highest BCUT2D eigenvalue weighted by atomic mass is 35.5. The molecule has 0 aliphatic heterocycles. The Morgan fingerprint density at radius 1 is 1.50 bits per heavy atom. The minimum absolute atomic E-state index is 0. The van der Waals surface area contributed by atoms with E-state index in [0.29, 0.717) is 11.7 Å². The summed E-state index contributed by atoms with van der Waals surface area (Å²) in [5.41, 5.74) is 5.59.